The zero-order valence-corrected chi connectivity index (χ0v) is 10.2. The molecule has 0 unspecified atom stereocenters. The van der Waals surface area contributed by atoms with E-state index in [2.05, 4.69) is 22.6 Å². The Balaban J connectivity index is 2.79. The number of thiophene rings is 1. The zero-order valence-electron chi connectivity index (χ0n) is 6.48. The smallest absolute Gasteiger partial charge is 0.182 e. The van der Waals surface area contributed by atoms with E-state index in [4.69, 9.17) is 11.6 Å². The average molecular weight is 327 g/mol. The highest BCUT2D eigenvalue weighted by atomic mass is 127. The number of alkyl halides is 1. The SMILES string of the molecule is Fc1sc2cc(I)ccc2c1CCl. The third-order valence-corrected chi connectivity index (χ3v) is 3.76. The lowest BCUT2D eigenvalue weighted by Gasteiger charge is -1.93. The van der Waals surface area contributed by atoms with Crippen molar-refractivity contribution in [2.45, 2.75) is 5.88 Å². The van der Waals surface area contributed by atoms with Crippen LogP contribution in [0.5, 0.6) is 0 Å². The van der Waals surface area contributed by atoms with E-state index < -0.39 is 0 Å². The van der Waals surface area contributed by atoms with Crippen LogP contribution in [0.1, 0.15) is 5.56 Å². The second-order valence-electron chi connectivity index (χ2n) is 2.63. The van der Waals surface area contributed by atoms with Gasteiger partial charge in [0.1, 0.15) is 0 Å². The van der Waals surface area contributed by atoms with Crippen LogP contribution in [0.4, 0.5) is 4.39 Å². The Morgan fingerprint density at radius 3 is 2.92 bits per heavy atom. The van der Waals surface area contributed by atoms with Gasteiger partial charge in [-0.1, -0.05) is 6.07 Å². The van der Waals surface area contributed by atoms with Gasteiger partial charge in [0.15, 0.2) is 5.13 Å². The van der Waals surface area contributed by atoms with Crippen LogP contribution in [-0.2, 0) is 5.88 Å². The molecule has 0 radical (unpaired) electrons. The van der Waals surface area contributed by atoms with Gasteiger partial charge in [-0.3, -0.25) is 0 Å². The fraction of sp³-hybridized carbons (Fsp3) is 0.111. The lowest BCUT2D eigenvalue weighted by molar-refractivity contribution is 0.648. The van der Waals surface area contributed by atoms with E-state index >= 15 is 0 Å². The summed E-state index contributed by atoms with van der Waals surface area (Å²) < 4.78 is 15.4. The summed E-state index contributed by atoms with van der Waals surface area (Å²) in [5.41, 5.74) is 0.623. The molecule has 0 aliphatic carbocycles. The molecular formula is C9H5ClFIS. The van der Waals surface area contributed by atoms with Crippen molar-refractivity contribution in [2.75, 3.05) is 0 Å². The summed E-state index contributed by atoms with van der Waals surface area (Å²) in [5, 5.41) is 0.782. The Labute approximate surface area is 97.8 Å². The van der Waals surface area contributed by atoms with Crippen LogP contribution in [0.15, 0.2) is 18.2 Å². The summed E-state index contributed by atoms with van der Waals surface area (Å²) in [4.78, 5) is 0. The van der Waals surface area contributed by atoms with E-state index in [-0.39, 0.29) is 11.0 Å². The zero-order chi connectivity index (χ0) is 9.42. The summed E-state index contributed by atoms with van der Waals surface area (Å²) in [7, 11) is 0. The summed E-state index contributed by atoms with van der Waals surface area (Å²) in [5.74, 6) is 0.242. The van der Waals surface area contributed by atoms with Gasteiger partial charge in [-0.05, 0) is 40.1 Å². The van der Waals surface area contributed by atoms with Gasteiger partial charge >= 0.3 is 0 Å². The van der Waals surface area contributed by atoms with Crippen LogP contribution in [-0.4, -0.2) is 0 Å². The van der Waals surface area contributed by atoms with Gasteiger partial charge < -0.3 is 0 Å². The highest BCUT2D eigenvalue weighted by molar-refractivity contribution is 14.1. The molecule has 4 heteroatoms. The first-order chi connectivity index (χ1) is 6.22. The van der Waals surface area contributed by atoms with Gasteiger partial charge in [0.2, 0.25) is 0 Å². The van der Waals surface area contributed by atoms with Crippen molar-refractivity contribution in [1.82, 2.24) is 0 Å². The van der Waals surface area contributed by atoms with Gasteiger partial charge in [-0.15, -0.1) is 22.9 Å². The van der Waals surface area contributed by atoms with E-state index in [0.717, 1.165) is 25.0 Å². The minimum absolute atomic E-state index is 0.160. The summed E-state index contributed by atoms with van der Waals surface area (Å²) in [6.07, 6.45) is 0. The molecule has 68 valence electrons. The predicted molar refractivity (Wildman–Crippen MR) is 64.1 cm³/mol. The monoisotopic (exact) mass is 326 g/mol. The maximum atomic E-state index is 13.3. The standard InChI is InChI=1S/C9H5ClFIS/c10-4-7-6-2-1-5(12)3-8(6)13-9(7)11/h1-3H,4H2. The molecule has 1 aromatic heterocycles. The molecule has 0 fully saturated rings. The Hall–Kier alpha value is 0.130. The van der Waals surface area contributed by atoms with Crippen LogP contribution in [0.2, 0.25) is 0 Å². The molecule has 1 heterocycles. The maximum absolute atomic E-state index is 13.3. The fourth-order valence-corrected chi connectivity index (χ4v) is 3.25. The van der Waals surface area contributed by atoms with Gasteiger partial charge in [0, 0.05) is 13.8 Å². The molecule has 0 amide bonds. The normalized spacial score (nSPS) is 11.0. The maximum Gasteiger partial charge on any atom is 0.182 e. The number of fused-ring (bicyclic) bond motifs is 1. The molecule has 2 rings (SSSR count). The first-order valence-corrected chi connectivity index (χ1v) is 6.07. The summed E-state index contributed by atoms with van der Waals surface area (Å²) in [6.45, 7) is 0. The van der Waals surface area contributed by atoms with E-state index in [9.17, 15) is 4.39 Å². The van der Waals surface area contributed by atoms with Crippen molar-refractivity contribution in [2.24, 2.45) is 0 Å². The largest absolute Gasteiger partial charge is 0.195 e. The predicted octanol–water partition coefficient (Wildman–Crippen LogP) is 4.38. The lowest BCUT2D eigenvalue weighted by atomic mass is 10.2. The molecule has 0 aliphatic heterocycles. The number of hydrogen-bond acceptors (Lipinski definition) is 1. The van der Waals surface area contributed by atoms with Crippen molar-refractivity contribution >= 4 is 55.6 Å². The number of rotatable bonds is 1. The molecule has 0 spiro atoms. The van der Waals surface area contributed by atoms with Crippen LogP contribution in [0.25, 0.3) is 10.1 Å². The third kappa shape index (κ3) is 1.69. The highest BCUT2D eigenvalue weighted by Gasteiger charge is 2.10. The summed E-state index contributed by atoms with van der Waals surface area (Å²) >= 11 is 9.03. The van der Waals surface area contributed by atoms with E-state index in [1.807, 2.05) is 18.2 Å². The minimum atomic E-state index is -0.160. The molecule has 0 saturated heterocycles. The van der Waals surface area contributed by atoms with Crippen molar-refractivity contribution in [3.8, 4) is 0 Å². The van der Waals surface area contributed by atoms with Gasteiger partial charge in [0.25, 0.3) is 0 Å². The van der Waals surface area contributed by atoms with Crippen molar-refractivity contribution in [1.29, 1.82) is 0 Å². The number of halogens is 3. The lowest BCUT2D eigenvalue weighted by Crippen LogP contribution is -1.77. The number of benzene rings is 1. The van der Waals surface area contributed by atoms with Crippen molar-refractivity contribution in [3.05, 3.63) is 32.5 Å². The van der Waals surface area contributed by atoms with Crippen LogP contribution in [0, 0.1) is 8.70 Å². The average Bonchev–Trinajstić information content (AvgIpc) is 2.39. The molecule has 0 saturated carbocycles. The molecular weight excluding hydrogens is 322 g/mol. The first kappa shape index (κ1) is 9.68. The molecule has 2 aromatic rings. The van der Waals surface area contributed by atoms with Gasteiger partial charge in [-0.25, -0.2) is 0 Å². The van der Waals surface area contributed by atoms with E-state index in [1.54, 1.807) is 0 Å². The topological polar surface area (TPSA) is 0 Å². The molecule has 13 heavy (non-hydrogen) atoms. The Morgan fingerprint density at radius 2 is 2.23 bits per heavy atom. The van der Waals surface area contributed by atoms with Gasteiger partial charge in [0.05, 0.1) is 5.88 Å². The van der Waals surface area contributed by atoms with E-state index in [1.165, 1.54) is 0 Å². The third-order valence-electron chi connectivity index (χ3n) is 1.84. The molecule has 0 bridgehead atoms. The minimum Gasteiger partial charge on any atom is -0.195 e. The highest BCUT2D eigenvalue weighted by Crippen LogP contribution is 2.31. The molecule has 0 aliphatic rings. The molecule has 1 aromatic carbocycles. The molecule has 0 nitrogen and oxygen atoms in total. The van der Waals surface area contributed by atoms with Crippen LogP contribution >= 0.6 is 45.5 Å². The Morgan fingerprint density at radius 1 is 1.46 bits per heavy atom. The molecule has 0 N–H and O–H groups in total. The molecule has 0 atom stereocenters. The number of hydrogen-bond donors (Lipinski definition) is 0. The van der Waals surface area contributed by atoms with Crippen LogP contribution in [0.3, 0.4) is 0 Å². The van der Waals surface area contributed by atoms with Crippen LogP contribution < -0.4 is 0 Å². The quantitative estimate of drug-likeness (QED) is 0.539. The Bertz CT molecular complexity index is 452. The second kappa shape index (κ2) is 3.71. The van der Waals surface area contributed by atoms with Crippen molar-refractivity contribution in [3.63, 3.8) is 0 Å². The van der Waals surface area contributed by atoms with Gasteiger partial charge in [-0.2, -0.15) is 4.39 Å². The first-order valence-electron chi connectivity index (χ1n) is 3.65. The Kier molecular flexibility index (Phi) is 2.76. The van der Waals surface area contributed by atoms with Crippen molar-refractivity contribution < 1.29 is 4.39 Å². The second-order valence-corrected chi connectivity index (χ2v) is 5.14. The fourth-order valence-electron chi connectivity index (χ4n) is 1.22. The van der Waals surface area contributed by atoms with E-state index in [0.29, 0.717) is 5.56 Å². The summed E-state index contributed by atoms with van der Waals surface area (Å²) in [6, 6.07) is 5.86.